The lowest BCUT2D eigenvalue weighted by Gasteiger charge is -2.32. The van der Waals surface area contributed by atoms with Crippen LogP contribution in [0, 0.1) is 11.3 Å². The Balaban J connectivity index is 1.70. The first kappa shape index (κ1) is 19.9. The van der Waals surface area contributed by atoms with Crippen molar-refractivity contribution in [1.82, 2.24) is 13.9 Å². The third kappa shape index (κ3) is 3.28. The largest absolute Gasteiger partial charge is 0.492 e. The predicted molar refractivity (Wildman–Crippen MR) is 113 cm³/mol. The molecule has 0 saturated carbocycles. The molecule has 0 radical (unpaired) electrons. The highest BCUT2D eigenvalue weighted by atomic mass is 35.5. The zero-order chi connectivity index (χ0) is 21.5. The standard InChI is InChI=1S/C19H16ClN7O2S/c1-19(9-27-6-5-23-17(27)16(22)25-19)12-7-11(4-3-10(12)8-21)24-18(28)13-14(29-2)15(20)30-26-13/h3-7H,9H2,1-2H3,(H2,22,25)(H,24,28). The first-order chi connectivity index (χ1) is 14.4. The number of nitrogens with one attached hydrogen (secondary N) is 1. The quantitative estimate of drug-likeness (QED) is 0.639. The number of ether oxygens (including phenoxy) is 1. The Hall–Kier alpha value is -3.42. The third-order valence-corrected chi connectivity index (χ3v) is 5.80. The van der Waals surface area contributed by atoms with Crippen molar-refractivity contribution in [2.24, 2.45) is 10.7 Å². The number of benzene rings is 1. The van der Waals surface area contributed by atoms with E-state index in [-0.39, 0.29) is 17.3 Å². The molecule has 4 rings (SSSR count). The maximum atomic E-state index is 12.7. The molecule has 3 N–H and O–H groups in total. The van der Waals surface area contributed by atoms with Crippen LogP contribution >= 0.6 is 23.1 Å². The molecule has 1 aromatic carbocycles. The summed E-state index contributed by atoms with van der Waals surface area (Å²) in [6.45, 7) is 2.33. The Morgan fingerprint density at radius 3 is 3.03 bits per heavy atom. The Bertz CT molecular complexity index is 1230. The number of hydrogen-bond donors (Lipinski definition) is 2. The highest BCUT2D eigenvalue weighted by molar-refractivity contribution is 7.11. The van der Waals surface area contributed by atoms with Gasteiger partial charge in [-0.15, -0.1) is 0 Å². The average Bonchev–Trinajstić information content (AvgIpc) is 3.34. The van der Waals surface area contributed by atoms with Crippen LogP contribution < -0.4 is 15.8 Å². The number of imidazole rings is 1. The second-order valence-electron chi connectivity index (χ2n) is 6.81. The number of rotatable bonds is 4. The number of amidine groups is 1. The molecule has 30 heavy (non-hydrogen) atoms. The monoisotopic (exact) mass is 441 g/mol. The van der Waals surface area contributed by atoms with E-state index in [9.17, 15) is 10.1 Å². The van der Waals surface area contributed by atoms with E-state index in [2.05, 4.69) is 25.7 Å². The number of carbonyl (C=O) groups excluding carboxylic acids is 1. The summed E-state index contributed by atoms with van der Waals surface area (Å²) in [6, 6.07) is 7.18. The van der Waals surface area contributed by atoms with Crippen molar-refractivity contribution < 1.29 is 9.53 Å². The first-order valence-electron chi connectivity index (χ1n) is 8.78. The zero-order valence-corrected chi connectivity index (χ0v) is 17.6. The number of carbonyl (C=O) groups is 1. The normalized spacial score (nSPS) is 17.6. The van der Waals surface area contributed by atoms with E-state index < -0.39 is 11.4 Å². The molecule has 1 amide bonds. The van der Waals surface area contributed by atoms with Gasteiger partial charge < -0.3 is 20.4 Å². The van der Waals surface area contributed by atoms with Crippen LogP contribution in [0.4, 0.5) is 5.69 Å². The fraction of sp³-hybridized carbons (Fsp3) is 0.211. The Morgan fingerprint density at radius 1 is 1.50 bits per heavy atom. The number of nitriles is 1. The lowest BCUT2D eigenvalue weighted by molar-refractivity contribution is 0.102. The Morgan fingerprint density at radius 2 is 2.30 bits per heavy atom. The summed E-state index contributed by atoms with van der Waals surface area (Å²) in [6.07, 6.45) is 3.46. The van der Waals surface area contributed by atoms with Crippen molar-refractivity contribution >= 4 is 40.6 Å². The van der Waals surface area contributed by atoms with E-state index in [1.165, 1.54) is 7.11 Å². The molecule has 3 aromatic rings. The number of amides is 1. The molecule has 1 unspecified atom stereocenters. The Kier molecular flexibility index (Phi) is 4.93. The maximum Gasteiger partial charge on any atom is 0.279 e. The minimum atomic E-state index is -0.814. The number of halogens is 1. The fourth-order valence-electron chi connectivity index (χ4n) is 3.44. The smallest absolute Gasteiger partial charge is 0.279 e. The van der Waals surface area contributed by atoms with Crippen LogP contribution in [0.25, 0.3) is 0 Å². The molecule has 1 atom stereocenters. The summed E-state index contributed by atoms with van der Waals surface area (Å²) in [7, 11) is 1.42. The molecule has 0 saturated heterocycles. The van der Waals surface area contributed by atoms with Crippen LogP contribution in [0.1, 0.15) is 34.4 Å². The average molecular weight is 442 g/mol. The molecule has 0 aliphatic carbocycles. The molecule has 11 heteroatoms. The molecular weight excluding hydrogens is 426 g/mol. The molecule has 152 valence electrons. The van der Waals surface area contributed by atoms with Gasteiger partial charge in [-0.05, 0) is 36.7 Å². The van der Waals surface area contributed by atoms with E-state index >= 15 is 0 Å². The van der Waals surface area contributed by atoms with Gasteiger partial charge in [0.1, 0.15) is 5.54 Å². The van der Waals surface area contributed by atoms with Crippen LogP contribution in [-0.4, -0.2) is 32.8 Å². The Labute approximate surface area is 180 Å². The topological polar surface area (TPSA) is 131 Å². The lowest BCUT2D eigenvalue weighted by atomic mass is 9.87. The van der Waals surface area contributed by atoms with Gasteiger partial charge in [0.2, 0.25) is 0 Å². The number of anilines is 1. The van der Waals surface area contributed by atoms with E-state index in [1.54, 1.807) is 24.4 Å². The molecular formula is C19H16ClN7O2S. The van der Waals surface area contributed by atoms with Crippen molar-refractivity contribution in [3.63, 3.8) is 0 Å². The summed E-state index contributed by atoms with van der Waals surface area (Å²) < 4.78 is 11.4. The van der Waals surface area contributed by atoms with Crippen LogP contribution in [-0.2, 0) is 12.1 Å². The summed E-state index contributed by atoms with van der Waals surface area (Å²) in [5, 5.41) is 12.4. The van der Waals surface area contributed by atoms with Gasteiger partial charge >= 0.3 is 0 Å². The minimum Gasteiger partial charge on any atom is -0.492 e. The molecule has 0 fully saturated rings. The first-order valence-corrected chi connectivity index (χ1v) is 9.93. The molecule has 0 bridgehead atoms. The number of nitrogens with two attached hydrogens (primary N) is 1. The van der Waals surface area contributed by atoms with Gasteiger partial charge in [-0.3, -0.25) is 9.79 Å². The van der Waals surface area contributed by atoms with E-state index in [0.29, 0.717) is 33.5 Å². The van der Waals surface area contributed by atoms with Crippen LogP contribution in [0.5, 0.6) is 5.75 Å². The maximum absolute atomic E-state index is 12.7. The lowest BCUT2D eigenvalue weighted by Crippen LogP contribution is -2.37. The van der Waals surface area contributed by atoms with Gasteiger partial charge in [0, 0.05) is 23.6 Å². The second-order valence-corrected chi connectivity index (χ2v) is 8.19. The molecule has 2 aromatic heterocycles. The highest BCUT2D eigenvalue weighted by Gasteiger charge is 2.35. The van der Waals surface area contributed by atoms with Gasteiger partial charge in [-0.1, -0.05) is 11.6 Å². The minimum absolute atomic E-state index is 0.0904. The molecule has 9 nitrogen and oxygen atoms in total. The fourth-order valence-corrected chi connectivity index (χ4v) is 4.31. The third-order valence-electron chi connectivity index (χ3n) is 4.80. The van der Waals surface area contributed by atoms with Crippen molar-refractivity contribution in [1.29, 1.82) is 5.26 Å². The number of nitrogens with zero attached hydrogens (tertiary/aromatic N) is 5. The van der Waals surface area contributed by atoms with E-state index in [1.807, 2.05) is 17.7 Å². The van der Waals surface area contributed by atoms with Crippen LogP contribution in [0.2, 0.25) is 4.34 Å². The van der Waals surface area contributed by atoms with Gasteiger partial charge in [0.15, 0.2) is 27.4 Å². The van der Waals surface area contributed by atoms with Crippen molar-refractivity contribution in [2.75, 3.05) is 12.4 Å². The summed E-state index contributed by atoms with van der Waals surface area (Å²) >= 11 is 6.97. The summed E-state index contributed by atoms with van der Waals surface area (Å²) in [5.41, 5.74) is 6.93. The van der Waals surface area contributed by atoms with Crippen LogP contribution in [0.15, 0.2) is 35.6 Å². The highest BCUT2D eigenvalue weighted by Crippen LogP contribution is 2.36. The van der Waals surface area contributed by atoms with Gasteiger partial charge in [0.25, 0.3) is 5.91 Å². The van der Waals surface area contributed by atoms with Crippen molar-refractivity contribution in [3.8, 4) is 11.8 Å². The zero-order valence-electron chi connectivity index (χ0n) is 16.0. The van der Waals surface area contributed by atoms with Crippen LogP contribution in [0.3, 0.4) is 0 Å². The molecule has 0 spiro atoms. The van der Waals surface area contributed by atoms with E-state index in [0.717, 1.165) is 11.5 Å². The van der Waals surface area contributed by atoms with Crippen molar-refractivity contribution in [2.45, 2.75) is 19.0 Å². The number of aliphatic imine (C=N–C) groups is 1. The molecule has 3 heterocycles. The predicted octanol–water partition coefficient (Wildman–Crippen LogP) is 2.76. The van der Waals surface area contributed by atoms with E-state index in [4.69, 9.17) is 22.1 Å². The summed E-state index contributed by atoms with van der Waals surface area (Å²) in [4.78, 5) is 21.5. The number of methoxy groups -OCH3 is 1. The number of hydrogen-bond acceptors (Lipinski definition) is 8. The van der Waals surface area contributed by atoms with Gasteiger partial charge in [-0.2, -0.15) is 9.64 Å². The van der Waals surface area contributed by atoms with Gasteiger partial charge in [0.05, 0.1) is 25.3 Å². The summed E-state index contributed by atoms with van der Waals surface area (Å²) in [5.74, 6) is 0.619. The number of fused-ring (bicyclic) bond motifs is 1. The van der Waals surface area contributed by atoms with Crippen molar-refractivity contribution in [3.05, 3.63) is 57.6 Å². The molecule has 1 aliphatic rings. The van der Waals surface area contributed by atoms with Gasteiger partial charge in [-0.25, -0.2) is 4.98 Å². The molecule has 1 aliphatic heterocycles. The SMILES string of the molecule is COc1c(C(=O)Nc2ccc(C#N)c(C3(C)Cn4ccnc4C(N)=N3)c2)nsc1Cl. The number of aromatic nitrogens is 3. The second kappa shape index (κ2) is 7.44.